The van der Waals surface area contributed by atoms with E-state index < -0.39 is 0 Å². The predicted octanol–water partition coefficient (Wildman–Crippen LogP) is 0.622. The van der Waals surface area contributed by atoms with Gasteiger partial charge in [-0.25, -0.2) is 0 Å². The van der Waals surface area contributed by atoms with Gasteiger partial charge in [-0.05, 0) is 71.0 Å². The first-order valence-corrected chi connectivity index (χ1v) is 8.69. The molecule has 2 heterocycles. The molecule has 0 spiro atoms. The van der Waals surface area contributed by atoms with Gasteiger partial charge in [0.1, 0.15) is 0 Å². The molecule has 2 saturated heterocycles. The van der Waals surface area contributed by atoms with Crippen molar-refractivity contribution in [2.75, 3.05) is 19.6 Å². The topological polar surface area (TPSA) is 64.6 Å². The molecule has 1 saturated carbocycles. The molecule has 3 rings (SSSR count). The van der Waals surface area contributed by atoms with Crippen molar-refractivity contribution in [3.8, 4) is 0 Å². The van der Waals surface area contributed by atoms with Gasteiger partial charge in [-0.3, -0.25) is 9.69 Å². The van der Waals surface area contributed by atoms with E-state index in [1.54, 1.807) is 0 Å². The average Bonchev–Trinajstić information content (AvgIpc) is 3.00. The summed E-state index contributed by atoms with van der Waals surface area (Å²) in [5.41, 5.74) is 0. The molecular weight excluding hydrogens is 266 g/mol. The molecule has 2 aliphatic heterocycles. The Labute approximate surface area is 127 Å². The molecule has 5 nitrogen and oxygen atoms in total. The maximum Gasteiger partial charge on any atom is 0.237 e. The van der Waals surface area contributed by atoms with Crippen LogP contribution in [0.1, 0.15) is 51.4 Å². The fourth-order valence-corrected chi connectivity index (χ4v) is 4.16. The van der Waals surface area contributed by atoms with Crippen molar-refractivity contribution in [3.63, 3.8) is 0 Å². The van der Waals surface area contributed by atoms with E-state index in [1.807, 2.05) is 0 Å². The summed E-state index contributed by atoms with van der Waals surface area (Å²) in [7, 11) is 0. The van der Waals surface area contributed by atoms with Crippen molar-refractivity contribution < 1.29 is 9.90 Å². The van der Waals surface area contributed by atoms with Crippen LogP contribution in [0.3, 0.4) is 0 Å². The van der Waals surface area contributed by atoms with E-state index in [4.69, 9.17) is 0 Å². The second-order valence-corrected chi connectivity index (χ2v) is 6.89. The highest BCUT2D eigenvalue weighted by Gasteiger charge is 2.36. The van der Waals surface area contributed by atoms with Gasteiger partial charge in [-0.1, -0.05) is 0 Å². The van der Waals surface area contributed by atoms with E-state index >= 15 is 0 Å². The Balaban J connectivity index is 1.53. The van der Waals surface area contributed by atoms with Crippen LogP contribution in [0.2, 0.25) is 0 Å². The van der Waals surface area contributed by atoms with Gasteiger partial charge < -0.3 is 15.7 Å². The van der Waals surface area contributed by atoms with E-state index in [-0.39, 0.29) is 24.1 Å². The molecule has 3 aliphatic rings. The smallest absolute Gasteiger partial charge is 0.237 e. The largest absolute Gasteiger partial charge is 0.393 e. The molecule has 21 heavy (non-hydrogen) atoms. The normalized spacial score (nSPS) is 35.8. The van der Waals surface area contributed by atoms with Crippen molar-refractivity contribution in [2.24, 2.45) is 0 Å². The molecule has 5 heteroatoms. The van der Waals surface area contributed by atoms with Crippen LogP contribution in [0.4, 0.5) is 0 Å². The highest BCUT2D eigenvalue weighted by molar-refractivity contribution is 5.82. The minimum Gasteiger partial charge on any atom is -0.393 e. The van der Waals surface area contributed by atoms with Crippen LogP contribution in [0.25, 0.3) is 0 Å². The van der Waals surface area contributed by atoms with Gasteiger partial charge in [0.05, 0.1) is 12.1 Å². The summed E-state index contributed by atoms with van der Waals surface area (Å²) in [5.74, 6) is 0.229. The predicted molar refractivity (Wildman–Crippen MR) is 82.0 cm³/mol. The number of nitrogens with one attached hydrogen (secondary N) is 2. The number of amides is 1. The third kappa shape index (κ3) is 3.76. The summed E-state index contributed by atoms with van der Waals surface area (Å²) in [4.78, 5) is 15.1. The Hall–Kier alpha value is -0.650. The molecular formula is C16H29N3O2. The number of hydrogen-bond donors (Lipinski definition) is 3. The Morgan fingerprint density at radius 3 is 2.48 bits per heavy atom. The third-order valence-electron chi connectivity index (χ3n) is 5.42. The average molecular weight is 295 g/mol. The van der Waals surface area contributed by atoms with Crippen molar-refractivity contribution in [2.45, 2.75) is 75.6 Å². The number of piperidine rings is 1. The molecule has 0 bridgehead atoms. The van der Waals surface area contributed by atoms with Crippen LogP contribution in [0.15, 0.2) is 0 Å². The zero-order chi connectivity index (χ0) is 14.7. The Morgan fingerprint density at radius 2 is 1.76 bits per heavy atom. The SMILES string of the molecule is O=C(NC1CCC(O)CC1)C1CCCN1C1CCNCC1. The van der Waals surface area contributed by atoms with Gasteiger partial charge in [-0.2, -0.15) is 0 Å². The maximum absolute atomic E-state index is 12.6. The molecule has 0 aromatic heterocycles. The number of rotatable bonds is 3. The minimum atomic E-state index is -0.157. The van der Waals surface area contributed by atoms with Crippen molar-refractivity contribution in [1.82, 2.24) is 15.5 Å². The summed E-state index contributed by atoms with van der Waals surface area (Å²) >= 11 is 0. The quantitative estimate of drug-likeness (QED) is 0.714. The fraction of sp³-hybridized carbons (Fsp3) is 0.938. The van der Waals surface area contributed by atoms with Gasteiger partial charge >= 0.3 is 0 Å². The summed E-state index contributed by atoms with van der Waals surface area (Å²) in [5, 5.41) is 16.2. The van der Waals surface area contributed by atoms with Crippen LogP contribution >= 0.6 is 0 Å². The maximum atomic E-state index is 12.6. The highest BCUT2D eigenvalue weighted by atomic mass is 16.3. The Kier molecular flexibility index (Phi) is 5.14. The molecule has 0 aromatic carbocycles. The van der Waals surface area contributed by atoms with E-state index in [0.29, 0.717) is 6.04 Å². The molecule has 0 radical (unpaired) electrons. The minimum absolute atomic E-state index is 0.0833. The van der Waals surface area contributed by atoms with Crippen LogP contribution < -0.4 is 10.6 Å². The summed E-state index contributed by atoms with van der Waals surface area (Å²) < 4.78 is 0. The summed E-state index contributed by atoms with van der Waals surface area (Å²) in [6.07, 6.45) is 7.83. The number of carbonyl (C=O) groups excluding carboxylic acids is 1. The van der Waals surface area contributed by atoms with E-state index in [1.165, 1.54) is 12.8 Å². The van der Waals surface area contributed by atoms with Gasteiger partial charge in [0.2, 0.25) is 5.91 Å². The summed E-state index contributed by atoms with van der Waals surface area (Å²) in [6.45, 7) is 3.23. The van der Waals surface area contributed by atoms with Crippen LogP contribution in [-0.2, 0) is 4.79 Å². The molecule has 1 aliphatic carbocycles. The monoisotopic (exact) mass is 295 g/mol. The fourth-order valence-electron chi connectivity index (χ4n) is 4.16. The van der Waals surface area contributed by atoms with Crippen molar-refractivity contribution in [3.05, 3.63) is 0 Å². The zero-order valence-corrected chi connectivity index (χ0v) is 12.9. The number of nitrogens with zero attached hydrogens (tertiary/aromatic N) is 1. The van der Waals surface area contributed by atoms with Gasteiger partial charge in [0.25, 0.3) is 0 Å². The molecule has 0 aromatic rings. The number of hydrogen-bond acceptors (Lipinski definition) is 4. The molecule has 3 fully saturated rings. The number of aliphatic hydroxyl groups excluding tert-OH is 1. The van der Waals surface area contributed by atoms with Crippen LogP contribution in [0, 0.1) is 0 Å². The molecule has 1 amide bonds. The van der Waals surface area contributed by atoms with Crippen molar-refractivity contribution in [1.29, 1.82) is 0 Å². The lowest BCUT2D eigenvalue weighted by molar-refractivity contribution is -0.127. The molecule has 1 atom stereocenters. The second kappa shape index (κ2) is 7.07. The third-order valence-corrected chi connectivity index (χ3v) is 5.42. The Morgan fingerprint density at radius 1 is 1.05 bits per heavy atom. The molecule has 120 valence electrons. The molecule has 1 unspecified atom stereocenters. The lowest BCUT2D eigenvalue weighted by Crippen LogP contribution is -2.52. The number of likely N-dealkylation sites (tertiary alicyclic amines) is 1. The van der Waals surface area contributed by atoms with Gasteiger partial charge in [0, 0.05) is 12.1 Å². The number of carbonyl (C=O) groups is 1. The lowest BCUT2D eigenvalue weighted by atomic mass is 9.93. The standard InChI is InChI=1S/C16H29N3O2/c20-14-5-3-12(4-6-14)18-16(21)15-2-1-11-19(15)13-7-9-17-10-8-13/h12-15,17,20H,1-11H2,(H,18,21). The van der Waals surface area contributed by atoms with Crippen molar-refractivity contribution >= 4 is 5.91 Å². The highest BCUT2D eigenvalue weighted by Crippen LogP contribution is 2.25. The van der Waals surface area contributed by atoms with E-state index in [0.717, 1.165) is 58.2 Å². The first kappa shape index (κ1) is 15.3. The first-order chi connectivity index (χ1) is 10.2. The second-order valence-electron chi connectivity index (χ2n) is 6.89. The lowest BCUT2D eigenvalue weighted by Gasteiger charge is -2.36. The molecule has 3 N–H and O–H groups in total. The Bertz CT molecular complexity index is 349. The summed E-state index contributed by atoms with van der Waals surface area (Å²) in [6, 6.07) is 0.939. The van der Waals surface area contributed by atoms with Gasteiger partial charge in [-0.15, -0.1) is 0 Å². The first-order valence-electron chi connectivity index (χ1n) is 8.69. The van der Waals surface area contributed by atoms with Crippen LogP contribution in [-0.4, -0.2) is 59.8 Å². The van der Waals surface area contributed by atoms with E-state index in [9.17, 15) is 9.90 Å². The van der Waals surface area contributed by atoms with Crippen LogP contribution in [0.5, 0.6) is 0 Å². The van der Waals surface area contributed by atoms with E-state index in [2.05, 4.69) is 15.5 Å². The van der Waals surface area contributed by atoms with Gasteiger partial charge in [0.15, 0.2) is 0 Å². The zero-order valence-electron chi connectivity index (χ0n) is 12.9. The number of aliphatic hydroxyl groups is 1.